The number of benzene rings is 2. The van der Waals surface area contributed by atoms with E-state index in [1.165, 1.54) is 33.5 Å². The Kier molecular flexibility index (Phi) is 7.70. The standard InChI is InChI=1S/C26H37NOS/c1-18(2)29-17-24-9-7-23(8-10-24)11-12-25-13-14-26(22(6)21(25)5)27-15-19(3)28-20(4)16-27/h7-10,13-14,18-20H,11-12,15-17H2,1-6H3/t19-,20+. The summed E-state index contributed by atoms with van der Waals surface area (Å²) in [5.74, 6) is 1.11. The molecule has 1 aliphatic heterocycles. The minimum atomic E-state index is 0.292. The van der Waals surface area contributed by atoms with Crippen LogP contribution in [0, 0.1) is 13.8 Å². The molecule has 0 unspecified atom stereocenters. The highest BCUT2D eigenvalue weighted by atomic mass is 32.2. The summed E-state index contributed by atoms with van der Waals surface area (Å²) in [5, 5.41) is 0.688. The molecule has 1 aliphatic rings. The lowest BCUT2D eigenvalue weighted by Gasteiger charge is -2.38. The number of ether oxygens (including phenoxy) is 1. The van der Waals surface area contributed by atoms with Crippen molar-refractivity contribution in [3.63, 3.8) is 0 Å². The molecule has 0 aliphatic carbocycles. The van der Waals surface area contributed by atoms with Crippen LogP contribution in [0.2, 0.25) is 0 Å². The van der Waals surface area contributed by atoms with Gasteiger partial charge < -0.3 is 9.64 Å². The van der Waals surface area contributed by atoms with E-state index in [0.29, 0.717) is 17.5 Å². The minimum Gasteiger partial charge on any atom is -0.372 e. The maximum absolute atomic E-state index is 5.91. The molecule has 0 N–H and O–H groups in total. The Morgan fingerprint density at radius 1 is 0.897 bits per heavy atom. The molecule has 3 rings (SSSR count). The van der Waals surface area contributed by atoms with Gasteiger partial charge in [-0.05, 0) is 79.7 Å². The Hall–Kier alpha value is -1.45. The molecule has 1 saturated heterocycles. The summed E-state index contributed by atoms with van der Waals surface area (Å²) >= 11 is 2.01. The molecule has 1 heterocycles. The Morgan fingerprint density at radius 3 is 2.14 bits per heavy atom. The van der Waals surface area contributed by atoms with Gasteiger partial charge >= 0.3 is 0 Å². The van der Waals surface area contributed by atoms with Gasteiger partial charge in [0.05, 0.1) is 12.2 Å². The van der Waals surface area contributed by atoms with Crippen LogP contribution >= 0.6 is 11.8 Å². The third kappa shape index (κ3) is 6.02. The fourth-order valence-electron chi connectivity index (χ4n) is 4.19. The predicted octanol–water partition coefficient (Wildman–Crippen LogP) is 6.34. The third-order valence-corrected chi connectivity index (χ3v) is 7.09. The van der Waals surface area contributed by atoms with Crippen molar-refractivity contribution in [2.45, 2.75) is 77.6 Å². The van der Waals surface area contributed by atoms with Crippen LogP contribution in [0.15, 0.2) is 36.4 Å². The van der Waals surface area contributed by atoms with Crippen molar-refractivity contribution in [3.8, 4) is 0 Å². The van der Waals surface area contributed by atoms with E-state index in [1.807, 2.05) is 11.8 Å². The minimum absolute atomic E-state index is 0.292. The molecule has 0 radical (unpaired) electrons. The second-order valence-electron chi connectivity index (χ2n) is 8.83. The second kappa shape index (κ2) is 10.0. The molecular formula is C26H37NOS. The number of hydrogen-bond donors (Lipinski definition) is 0. The molecule has 0 aromatic heterocycles. The fraction of sp³-hybridized carbons (Fsp3) is 0.538. The van der Waals surface area contributed by atoms with Gasteiger partial charge in [0.25, 0.3) is 0 Å². The van der Waals surface area contributed by atoms with E-state index in [9.17, 15) is 0 Å². The maximum atomic E-state index is 5.91. The largest absolute Gasteiger partial charge is 0.372 e. The third-order valence-electron chi connectivity index (χ3n) is 5.92. The van der Waals surface area contributed by atoms with Crippen LogP contribution in [0.5, 0.6) is 0 Å². The molecule has 29 heavy (non-hydrogen) atoms. The van der Waals surface area contributed by atoms with E-state index in [2.05, 4.69) is 82.8 Å². The zero-order valence-electron chi connectivity index (χ0n) is 19.0. The first-order valence-corrected chi connectivity index (χ1v) is 12.1. The van der Waals surface area contributed by atoms with Gasteiger partial charge in [0.2, 0.25) is 0 Å². The molecule has 0 saturated carbocycles. The molecule has 0 amide bonds. The average molecular weight is 412 g/mol. The quantitative estimate of drug-likeness (QED) is 0.527. The number of nitrogens with zero attached hydrogens (tertiary/aromatic N) is 1. The van der Waals surface area contributed by atoms with Crippen LogP contribution in [-0.2, 0) is 23.3 Å². The number of morpholine rings is 1. The fourth-order valence-corrected chi connectivity index (χ4v) is 4.91. The first-order chi connectivity index (χ1) is 13.8. The maximum Gasteiger partial charge on any atom is 0.0726 e. The van der Waals surface area contributed by atoms with E-state index in [-0.39, 0.29) is 0 Å². The molecule has 0 spiro atoms. The molecular weight excluding hydrogens is 374 g/mol. The second-order valence-corrected chi connectivity index (χ2v) is 10.4. The first kappa shape index (κ1) is 22.2. The SMILES string of the molecule is Cc1c(CCc2ccc(CSC(C)C)cc2)ccc(N2C[C@@H](C)O[C@@H](C)C2)c1C. The summed E-state index contributed by atoms with van der Waals surface area (Å²) in [7, 11) is 0. The van der Waals surface area contributed by atoms with Crippen molar-refractivity contribution in [2.24, 2.45) is 0 Å². The Labute approximate surface area is 182 Å². The van der Waals surface area contributed by atoms with Crippen molar-refractivity contribution in [1.29, 1.82) is 0 Å². The van der Waals surface area contributed by atoms with Crippen LogP contribution < -0.4 is 4.90 Å². The average Bonchev–Trinajstić information content (AvgIpc) is 2.67. The van der Waals surface area contributed by atoms with Crippen LogP contribution in [0.3, 0.4) is 0 Å². The van der Waals surface area contributed by atoms with Crippen molar-refractivity contribution >= 4 is 17.4 Å². The molecule has 1 fully saturated rings. The summed E-state index contributed by atoms with van der Waals surface area (Å²) in [6, 6.07) is 13.9. The molecule has 2 nitrogen and oxygen atoms in total. The van der Waals surface area contributed by atoms with Gasteiger partial charge in [0.1, 0.15) is 0 Å². The summed E-state index contributed by atoms with van der Waals surface area (Å²) < 4.78 is 5.91. The van der Waals surface area contributed by atoms with Crippen molar-refractivity contribution < 1.29 is 4.74 Å². The Balaban J connectivity index is 1.64. The lowest BCUT2D eigenvalue weighted by atomic mass is 9.95. The number of thioether (sulfide) groups is 1. The van der Waals surface area contributed by atoms with Gasteiger partial charge in [-0.2, -0.15) is 11.8 Å². The normalized spacial score (nSPS) is 19.8. The van der Waals surface area contributed by atoms with Gasteiger partial charge in [-0.15, -0.1) is 0 Å². The van der Waals surface area contributed by atoms with Gasteiger partial charge in [-0.25, -0.2) is 0 Å². The Morgan fingerprint density at radius 2 is 1.52 bits per heavy atom. The number of anilines is 1. The van der Waals surface area contributed by atoms with Crippen LogP contribution in [-0.4, -0.2) is 30.5 Å². The number of hydrogen-bond acceptors (Lipinski definition) is 3. The zero-order valence-corrected chi connectivity index (χ0v) is 19.8. The zero-order chi connectivity index (χ0) is 21.0. The van der Waals surface area contributed by atoms with E-state index >= 15 is 0 Å². The predicted molar refractivity (Wildman–Crippen MR) is 128 cm³/mol. The highest BCUT2D eigenvalue weighted by Gasteiger charge is 2.24. The molecule has 0 bridgehead atoms. The van der Waals surface area contributed by atoms with Crippen LogP contribution in [0.25, 0.3) is 0 Å². The van der Waals surface area contributed by atoms with E-state index < -0.39 is 0 Å². The summed E-state index contributed by atoms with van der Waals surface area (Å²) in [6.45, 7) is 15.4. The highest BCUT2D eigenvalue weighted by molar-refractivity contribution is 7.99. The number of rotatable bonds is 7. The highest BCUT2D eigenvalue weighted by Crippen LogP contribution is 2.29. The molecule has 2 aromatic carbocycles. The first-order valence-electron chi connectivity index (χ1n) is 11.0. The van der Waals surface area contributed by atoms with Gasteiger partial charge in [-0.1, -0.05) is 44.2 Å². The van der Waals surface area contributed by atoms with Gasteiger partial charge in [0.15, 0.2) is 0 Å². The van der Waals surface area contributed by atoms with Crippen LogP contribution in [0.4, 0.5) is 5.69 Å². The van der Waals surface area contributed by atoms with E-state index in [1.54, 1.807) is 0 Å². The Bertz CT molecular complexity index is 789. The molecule has 158 valence electrons. The number of aryl methyl sites for hydroxylation is 2. The summed E-state index contributed by atoms with van der Waals surface area (Å²) in [6.07, 6.45) is 2.78. The van der Waals surface area contributed by atoms with Crippen molar-refractivity contribution in [2.75, 3.05) is 18.0 Å². The smallest absolute Gasteiger partial charge is 0.0726 e. The summed E-state index contributed by atoms with van der Waals surface area (Å²) in [5.41, 5.74) is 8.57. The monoisotopic (exact) mass is 411 g/mol. The lowest BCUT2D eigenvalue weighted by molar-refractivity contribution is -0.00525. The van der Waals surface area contributed by atoms with Crippen molar-refractivity contribution in [3.05, 3.63) is 64.2 Å². The van der Waals surface area contributed by atoms with Gasteiger partial charge in [0, 0.05) is 24.5 Å². The summed E-state index contributed by atoms with van der Waals surface area (Å²) in [4.78, 5) is 2.50. The lowest BCUT2D eigenvalue weighted by Crippen LogP contribution is -2.45. The van der Waals surface area contributed by atoms with E-state index in [4.69, 9.17) is 4.74 Å². The van der Waals surface area contributed by atoms with Gasteiger partial charge in [-0.3, -0.25) is 0 Å². The molecule has 3 heteroatoms. The topological polar surface area (TPSA) is 12.5 Å². The van der Waals surface area contributed by atoms with E-state index in [0.717, 1.165) is 31.7 Å². The molecule has 2 aromatic rings. The van der Waals surface area contributed by atoms with Crippen molar-refractivity contribution in [1.82, 2.24) is 0 Å². The van der Waals surface area contributed by atoms with Crippen LogP contribution in [0.1, 0.15) is 55.5 Å². The molecule has 2 atom stereocenters.